The number of benzene rings is 1. The van der Waals surface area contributed by atoms with E-state index < -0.39 is 11.9 Å². The number of hydrogen-bond acceptors (Lipinski definition) is 2. The first kappa shape index (κ1) is 15.7. The molecule has 4 nitrogen and oxygen atoms in total. The summed E-state index contributed by atoms with van der Waals surface area (Å²) in [5.74, 6) is -1.45. The van der Waals surface area contributed by atoms with Gasteiger partial charge < -0.3 is 10.0 Å². The zero-order chi connectivity index (χ0) is 14.4. The van der Waals surface area contributed by atoms with E-state index in [4.69, 9.17) is 5.11 Å². The van der Waals surface area contributed by atoms with Crippen LogP contribution in [-0.2, 0) is 16.0 Å². The van der Waals surface area contributed by atoms with E-state index >= 15 is 0 Å². The number of aryl methyl sites for hydroxylation is 1. The van der Waals surface area contributed by atoms with Crippen molar-refractivity contribution in [2.75, 3.05) is 13.6 Å². The monoisotopic (exact) mass is 327 g/mol. The maximum Gasteiger partial charge on any atom is 0.308 e. The summed E-state index contributed by atoms with van der Waals surface area (Å²) in [5.41, 5.74) is 1.09. The Balaban J connectivity index is 2.42. The first-order chi connectivity index (χ1) is 8.90. The van der Waals surface area contributed by atoms with Crippen LogP contribution in [0.3, 0.4) is 0 Å². The van der Waals surface area contributed by atoms with Gasteiger partial charge >= 0.3 is 5.97 Å². The molecule has 1 N–H and O–H groups in total. The van der Waals surface area contributed by atoms with Crippen LogP contribution in [0.4, 0.5) is 0 Å². The van der Waals surface area contributed by atoms with Crippen LogP contribution in [0.1, 0.15) is 18.9 Å². The summed E-state index contributed by atoms with van der Waals surface area (Å²) in [6.45, 7) is 1.84. The number of halogens is 1. The fourth-order valence-electron chi connectivity index (χ4n) is 1.68. The van der Waals surface area contributed by atoms with E-state index in [2.05, 4.69) is 15.9 Å². The Bertz CT molecular complexity index is 445. The van der Waals surface area contributed by atoms with Crippen molar-refractivity contribution in [1.29, 1.82) is 0 Å². The number of nitrogens with zero attached hydrogens (tertiary/aromatic N) is 1. The van der Waals surface area contributed by atoms with E-state index in [-0.39, 0.29) is 12.5 Å². The molecule has 0 saturated carbocycles. The van der Waals surface area contributed by atoms with Crippen molar-refractivity contribution in [1.82, 2.24) is 4.90 Å². The average Bonchev–Trinajstić information content (AvgIpc) is 2.37. The Hall–Kier alpha value is -1.36. The third-order valence-corrected chi connectivity index (χ3v) is 3.46. The van der Waals surface area contributed by atoms with Crippen LogP contribution in [-0.4, -0.2) is 35.5 Å². The van der Waals surface area contributed by atoms with Gasteiger partial charge in [0.1, 0.15) is 0 Å². The van der Waals surface area contributed by atoms with Crippen LogP contribution in [0.25, 0.3) is 0 Å². The van der Waals surface area contributed by atoms with Crippen molar-refractivity contribution < 1.29 is 14.7 Å². The predicted molar refractivity (Wildman–Crippen MR) is 76.9 cm³/mol. The predicted octanol–water partition coefficient (Wildman–Crippen LogP) is 2.56. The van der Waals surface area contributed by atoms with Gasteiger partial charge in [-0.3, -0.25) is 9.59 Å². The van der Waals surface area contributed by atoms with Gasteiger partial charge in [-0.15, -0.1) is 0 Å². The number of aliphatic carboxylic acids is 1. The van der Waals surface area contributed by atoms with Crippen molar-refractivity contribution in [2.24, 2.45) is 5.92 Å². The second-order valence-corrected chi connectivity index (χ2v) is 5.56. The molecule has 0 spiro atoms. The van der Waals surface area contributed by atoms with Crippen molar-refractivity contribution in [3.8, 4) is 0 Å². The van der Waals surface area contributed by atoms with Crippen LogP contribution in [0.5, 0.6) is 0 Å². The number of rotatable bonds is 6. The van der Waals surface area contributed by atoms with Crippen molar-refractivity contribution in [3.05, 3.63) is 34.3 Å². The van der Waals surface area contributed by atoms with Crippen LogP contribution >= 0.6 is 15.9 Å². The summed E-state index contributed by atoms with van der Waals surface area (Å²) in [4.78, 5) is 24.1. The Labute approximate surface area is 121 Å². The Morgan fingerprint density at radius 3 is 2.42 bits per heavy atom. The highest BCUT2D eigenvalue weighted by Gasteiger charge is 2.17. The molecule has 5 heteroatoms. The molecular formula is C14H18BrNO3. The highest BCUT2D eigenvalue weighted by Crippen LogP contribution is 2.12. The first-order valence-electron chi connectivity index (χ1n) is 6.11. The molecule has 0 radical (unpaired) electrons. The molecule has 1 aromatic carbocycles. The normalized spacial score (nSPS) is 11.9. The van der Waals surface area contributed by atoms with Gasteiger partial charge in [0, 0.05) is 24.5 Å². The lowest BCUT2D eigenvalue weighted by atomic mass is 10.1. The minimum absolute atomic E-state index is 0.0315. The highest BCUT2D eigenvalue weighted by molar-refractivity contribution is 9.10. The minimum Gasteiger partial charge on any atom is -0.481 e. The molecule has 104 valence electrons. The molecule has 0 fully saturated rings. The Kier molecular flexibility index (Phi) is 6.02. The molecule has 0 aliphatic heterocycles. The van der Waals surface area contributed by atoms with Crippen molar-refractivity contribution >= 4 is 27.8 Å². The van der Waals surface area contributed by atoms with Gasteiger partial charge in [0.25, 0.3) is 0 Å². The standard InChI is InChI=1S/C14H18BrNO3/c1-10(14(18)19)9-16(2)13(17)8-5-11-3-6-12(15)7-4-11/h3-4,6-7,10H,5,8-9H2,1-2H3,(H,18,19). The third-order valence-electron chi connectivity index (χ3n) is 2.94. The summed E-state index contributed by atoms with van der Waals surface area (Å²) in [5, 5.41) is 8.80. The number of amides is 1. The third kappa shape index (κ3) is 5.42. The molecule has 19 heavy (non-hydrogen) atoms. The number of carboxylic acids is 1. The van der Waals surface area contributed by atoms with Gasteiger partial charge in [-0.2, -0.15) is 0 Å². The lowest BCUT2D eigenvalue weighted by Gasteiger charge is -2.19. The zero-order valence-electron chi connectivity index (χ0n) is 11.1. The molecule has 1 unspecified atom stereocenters. The van der Waals surface area contributed by atoms with Gasteiger partial charge in [0.2, 0.25) is 5.91 Å². The lowest BCUT2D eigenvalue weighted by Crippen LogP contribution is -2.33. The summed E-state index contributed by atoms with van der Waals surface area (Å²) in [6.07, 6.45) is 1.06. The maximum absolute atomic E-state index is 11.9. The minimum atomic E-state index is -0.882. The summed E-state index contributed by atoms with van der Waals surface area (Å²) < 4.78 is 1.01. The zero-order valence-corrected chi connectivity index (χ0v) is 12.7. The SMILES string of the molecule is CC(CN(C)C(=O)CCc1ccc(Br)cc1)C(=O)O. The number of hydrogen-bond donors (Lipinski definition) is 1. The number of carbonyl (C=O) groups is 2. The fourth-order valence-corrected chi connectivity index (χ4v) is 1.95. The van der Waals surface area contributed by atoms with E-state index in [1.54, 1.807) is 14.0 Å². The second-order valence-electron chi connectivity index (χ2n) is 4.64. The second kappa shape index (κ2) is 7.28. The van der Waals surface area contributed by atoms with Gasteiger partial charge in [-0.25, -0.2) is 0 Å². The largest absolute Gasteiger partial charge is 0.481 e. The quantitative estimate of drug-likeness (QED) is 0.873. The van der Waals surface area contributed by atoms with Crippen molar-refractivity contribution in [3.63, 3.8) is 0 Å². The maximum atomic E-state index is 11.9. The summed E-state index contributed by atoms with van der Waals surface area (Å²) in [6, 6.07) is 7.82. The van der Waals surface area contributed by atoms with Crippen LogP contribution < -0.4 is 0 Å². The van der Waals surface area contributed by atoms with Crippen molar-refractivity contribution in [2.45, 2.75) is 19.8 Å². The molecule has 1 amide bonds. The van der Waals surface area contributed by atoms with Crippen LogP contribution in [0, 0.1) is 5.92 Å². The van der Waals surface area contributed by atoms with E-state index in [0.717, 1.165) is 10.0 Å². The van der Waals surface area contributed by atoms with Gasteiger partial charge in [0.05, 0.1) is 5.92 Å². The molecule has 1 aromatic rings. The topological polar surface area (TPSA) is 57.6 Å². The van der Waals surface area contributed by atoms with Gasteiger partial charge in [-0.1, -0.05) is 35.0 Å². The molecule has 0 bridgehead atoms. The summed E-state index contributed by atoms with van der Waals surface area (Å²) >= 11 is 3.36. The molecule has 1 rings (SSSR count). The Morgan fingerprint density at radius 1 is 1.32 bits per heavy atom. The van der Waals surface area contributed by atoms with Gasteiger partial charge in [0.15, 0.2) is 0 Å². The Morgan fingerprint density at radius 2 is 1.89 bits per heavy atom. The van der Waals surface area contributed by atoms with Crippen LogP contribution in [0.15, 0.2) is 28.7 Å². The van der Waals surface area contributed by atoms with E-state index in [1.807, 2.05) is 24.3 Å². The molecule has 0 saturated heterocycles. The average molecular weight is 328 g/mol. The fraction of sp³-hybridized carbons (Fsp3) is 0.429. The smallest absolute Gasteiger partial charge is 0.308 e. The first-order valence-corrected chi connectivity index (χ1v) is 6.90. The lowest BCUT2D eigenvalue weighted by molar-refractivity contribution is -0.142. The summed E-state index contributed by atoms with van der Waals surface area (Å²) in [7, 11) is 1.64. The molecule has 1 atom stereocenters. The number of carbonyl (C=O) groups excluding carboxylic acids is 1. The van der Waals surface area contributed by atoms with Crippen LogP contribution in [0.2, 0.25) is 0 Å². The van der Waals surface area contributed by atoms with E-state index in [1.165, 1.54) is 4.90 Å². The molecule has 0 aromatic heterocycles. The van der Waals surface area contributed by atoms with Gasteiger partial charge in [-0.05, 0) is 24.1 Å². The molecule has 0 heterocycles. The molecule has 0 aliphatic rings. The highest BCUT2D eigenvalue weighted by atomic mass is 79.9. The molecule has 0 aliphatic carbocycles. The number of carboxylic acid groups (broad SMARTS) is 1. The molecular weight excluding hydrogens is 310 g/mol. The van der Waals surface area contributed by atoms with E-state index in [9.17, 15) is 9.59 Å². The van der Waals surface area contributed by atoms with E-state index in [0.29, 0.717) is 12.8 Å².